The van der Waals surface area contributed by atoms with Crippen molar-refractivity contribution < 1.29 is 4.79 Å². The molecule has 1 fully saturated rings. The molecule has 2 aliphatic rings. The molecule has 1 saturated carbocycles. The number of nitrogens with zero attached hydrogens (tertiary/aromatic N) is 4. The van der Waals surface area contributed by atoms with Gasteiger partial charge in [-0.1, -0.05) is 63.1 Å². The highest BCUT2D eigenvalue weighted by Gasteiger charge is 2.29. The van der Waals surface area contributed by atoms with Crippen molar-refractivity contribution in [2.75, 3.05) is 26.2 Å². The number of benzene rings is 1. The van der Waals surface area contributed by atoms with E-state index in [0.717, 1.165) is 62.1 Å². The van der Waals surface area contributed by atoms with Gasteiger partial charge in [0.1, 0.15) is 11.5 Å². The van der Waals surface area contributed by atoms with E-state index in [1.54, 1.807) is 18.7 Å². The minimum Gasteiger partial charge on any atom is -0.362 e. The number of Topliss-reactive ketones (excluding diaryl/α,β-unsaturated/α-hetero) is 1. The van der Waals surface area contributed by atoms with Gasteiger partial charge in [0.05, 0.1) is 18.8 Å². The van der Waals surface area contributed by atoms with Crippen molar-refractivity contribution in [2.24, 2.45) is 0 Å². The number of aromatic nitrogens is 2. The van der Waals surface area contributed by atoms with Gasteiger partial charge in [-0.15, -0.1) is 0 Å². The minimum atomic E-state index is 0.0962. The first-order chi connectivity index (χ1) is 16.9. The summed E-state index contributed by atoms with van der Waals surface area (Å²) in [5, 5.41) is 0.893. The lowest BCUT2D eigenvalue weighted by Crippen LogP contribution is -2.36. The topological polar surface area (TPSA) is 41.4 Å². The van der Waals surface area contributed by atoms with E-state index in [2.05, 4.69) is 65.3 Å². The van der Waals surface area contributed by atoms with Crippen LogP contribution in [0.4, 0.5) is 0 Å². The van der Waals surface area contributed by atoms with Crippen LogP contribution in [0.5, 0.6) is 0 Å². The normalized spacial score (nSPS) is 16.8. The number of rotatable bonds is 9. The maximum atomic E-state index is 11.8. The van der Waals surface area contributed by atoms with Crippen LogP contribution in [0.1, 0.15) is 81.8 Å². The van der Waals surface area contributed by atoms with Gasteiger partial charge in [0.15, 0.2) is 5.78 Å². The smallest absolute Gasteiger partial charge is 0.177 e. The Kier molecular flexibility index (Phi) is 10.2. The molecular formula is C29H41ClN4O. The van der Waals surface area contributed by atoms with Gasteiger partial charge in [-0.3, -0.25) is 4.79 Å². The zero-order chi connectivity index (χ0) is 25.4. The highest BCUT2D eigenvalue weighted by molar-refractivity contribution is 6.31. The lowest BCUT2D eigenvalue weighted by molar-refractivity contribution is 0.0998. The Hall–Kier alpha value is -2.37. The number of hydrogen-bond donors (Lipinski definition) is 0. The number of hydrogen-bond acceptors (Lipinski definition) is 4. The standard InChI is InChI=1S/C20H30N4O.C9H11Cl/c1-5-22(6-2)11-7-8-18(17-9-10-17)23-13-15(3)24-19(16(4)25)12-21-20(24)14-23;1-2-5-8-6-3-4-7-9(8)10/h7-8,12,15H,5-6,9-11,13-14H2,1-4H3;3-4,6-7H,2,5H2,1H3/b8-7+;. The van der Waals surface area contributed by atoms with Crippen LogP contribution in [0, 0.1) is 0 Å². The molecule has 0 spiro atoms. The zero-order valence-electron chi connectivity index (χ0n) is 22.1. The Morgan fingerprint density at radius 3 is 2.51 bits per heavy atom. The first-order valence-corrected chi connectivity index (χ1v) is 13.4. The molecule has 35 heavy (non-hydrogen) atoms. The van der Waals surface area contributed by atoms with Gasteiger partial charge in [-0.2, -0.15) is 0 Å². The second-order valence-electron chi connectivity index (χ2n) is 9.43. The number of halogens is 1. The summed E-state index contributed by atoms with van der Waals surface area (Å²) in [6, 6.07) is 8.26. The average Bonchev–Trinajstić information content (AvgIpc) is 3.58. The Morgan fingerprint density at radius 2 is 1.91 bits per heavy atom. The average molecular weight is 497 g/mol. The van der Waals surface area contributed by atoms with Crippen molar-refractivity contribution in [2.45, 2.75) is 72.9 Å². The summed E-state index contributed by atoms with van der Waals surface area (Å²) >= 11 is 5.90. The predicted molar refractivity (Wildman–Crippen MR) is 146 cm³/mol. The summed E-state index contributed by atoms with van der Waals surface area (Å²) in [6.45, 7) is 15.2. The monoisotopic (exact) mass is 496 g/mol. The molecule has 0 amide bonds. The molecule has 1 aromatic carbocycles. The van der Waals surface area contributed by atoms with Crippen LogP contribution in [0.2, 0.25) is 5.02 Å². The minimum absolute atomic E-state index is 0.0962. The molecule has 0 radical (unpaired) electrons. The Balaban J connectivity index is 0.000000287. The highest BCUT2D eigenvalue weighted by atomic mass is 35.5. The van der Waals surface area contributed by atoms with E-state index in [4.69, 9.17) is 11.6 Å². The van der Waals surface area contributed by atoms with Gasteiger partial charge in [0.2, 0.25) is 0 Å². The SMILES string of the molecule is CCCc1ccccc1Cl.CCN(CC)C/C=C/C(=C1CC1)N1Cc2ncc(C(C)=O)n2C(C)C1. The predicted octanol–water partition coefficient (Wildman–Crippen LogP) is 6.70. The van der Waals surface area contributed by atoms with Crippen molar-refractivity contribution in [3.63, 3.8) is 0 Å². The van der Waals surface area contributed by atoms with Crippen molar-refractivity contribution in [3.8, 4) is 0 Å². The van der Waals surface area contributed by atoms with Crippen molar-refractivity contribution >= 4 is 17.4 Å². The number of likely N-dealkylation sites (N-methyl/N-ethyl adjacent to an activating group) is 1. The second kappa shape index (κ2) is 13.1. The van der Waals surface area contributed by atoms with Crippen molar-refractivity contribution in [1.29, 1.82) is 0 Å². The summed E-state index contributed by atoms with van der Waals surface area (Å²) < 4.78 is 2.12. The Labute approximate surface area is 216 Å². The van der Waals surface area contributed by atoms with E-state index in [1.807, 2.05) is 18.2 Å². The third-order valence-corrected chi connectivity index (χ3v) is 7.07. The van der Waals surface area contributed by atoms with E-state index in [9.17, 15) is 4.79 Å². The maximum absolute atomic E-state index is 11.8. The molecule has 4 rings (SSSR count). The molecule has 2 heterocycles. The van der Waals surface area contributed by atoms with Gasteiger partial charge >= 0.3 is 0 Å². The largest absolute Gasteiger partial charge is 0.362 e. The first kappa shape index (κ1) is 27.2. The fourth-order valence-electron chi connectivity index (χ4n) is 4.62. The van der Waals surface area contributed by atoms with Crippen molar-refractivity contribution in [3.05, 3.63) is 76.0 Å². The Morgan fingerprint density at radius 1 is 1.20 bits per heavy atom. The third-order valence-electron chi connectivity index (χ3n) is 6.71. The lowest BCUT2D eigenvalue weighted by atomic mass is 10.1. The summed E-state index contributed by atoms with van der Waals surface area (Å²) in [7, 11) is 0. The molecule has 0 N–H and O–H groups in total. The number of carbonyl (C=O) groups excluding carboxylic acids is 1. The first-order valence-electron chi connectivity index (χ1n) is 13.1. The van der Waals surface area contributed by atoms with Crippen LogP contribution in [0.15, 0.2) is 53.9 Å². The molecule has 0 saturated heterocycles. The molecular weight excluding hydrogens is 456 g/mol. The number of aryl methyl sites for hydroxylation is 1. The molecule has 0 bridgehead atoms. The van der Waals surface area contributed by atoms with Crippen LogP contribution in [0.3, 0.4) is 0 Å². The van der Waals surface area contributed by atoms with Crippen LogP contribution in [-0.2, 0) is 13.0 Å². The van der Waals surface area contributed by atoms with Gasteiger partial charge < -0.3 is 14.4 Å². The Bertz CT molecular complexity index is 1040. The van der Waals surface area contributed by atoms with E-state index < -0.39 is 0 Å². The van der Waals surface area contributed by atoms with Gasteiger partial charge in [-0.25, -0.2) is 4.98 Å². The van der Waals surface area contributed by atoms with Crippen LogP contribution < -0.4 is 0 Å². The summed E-state index contributed by atoms with van der Waals surface area (Å²) in [5.74, 6) is 1.10. The van der Waals surface area contributed by atoms with Gasteiger partial charge in [0, 0.05) is 30.7 Å². The van der Waals surface area contributed by atoms with Crippen LogP contribution in [-0.4, -0.2) is 51.3 Å². The van der Waals surface area contributed by atoms with E-state index in [0.29, 0.717) is 0 Å². The molecule has 190 valence electrons. The number of ketones is 1. The zero-order valence-corrected chi connectivity index (χ0v) is 22.8. The second-order valence-corrected chi connectivity index (χ2v) is 9.84. The summed E-state index contributed by atoms with van der Waals surface area (Å²) in [6.07, 6.45) is 11.0. The van der Waals surface area contributed by atoms with Crippen LogP contribution >= 0.6 is 11.6 Å². The number of imidazole rings is 1. The van der Waals surface area contributed by atoms with Gasteiger partial charge in [0.25, 0.3) is 0 Å². The molecule has 1 unspecified atom stereocenters. The van der Waals surface area contributed by atoms with Gasteiger partial charge in [-0.05, 0) is 62.6 Å². The van der Waals surface area contributed by atoms with E-state index in [-0.39, 0.29) is 11.8 Å². The molecule has 1 aromatic heterocycles. The molecule has 5 nitrogen and oxygen atoms in total. The summed E-state index contributed by atoms with van der Waals surface area (Å²) in [4.78, 5) is 21.2. The highest BCUT2D eigenvalue weighted by Crippen LogP contribution is 2.36. The number of carbonyl (C=O) groups is 1. The van der Waals surface area contributed by atoms with Crippen LogP contribution in [0.25, 0.3) is 0 Å². The fraction of sp³-hybridized carbons (Fsp3) is 0.517. The molecule has 1 aliphatic carbocycles. The molecule has 1 aliphatic heterocycles. The quantitative estimate of drug-likeness (QED) is 0.362. The van der Waals surface area contributed by atoms with Crippen molar-refractivity contribution in [1.82, 2.24) is 19.4 Å². The number of fused-ring (bicyclic) bond motifs is 1. The number of allylic oxidation sites excluding steroid dienone is 2. The summed E-state index contributed by atoms with van der Waals surface area (Å²) in [5.41, 5.74) is 4.92. The molecule has 6 heteroatoms. The molecule has 2 aromatic rings. The third kappa shape index (κ3) is 7.31. The van der Waals surface area contributed by atoms with E-state index in [1.165, 1.54) is 24.1 Å². The maximum Gasteiger partial charge on any atom is 0.177 e. The fourth-order valence-corrected chi connectivity index (χ4v) is 4.85. The lowest BCUT2D eigenvalue weighted by Gasteiger charge is -2.35. The molecule has 1 atom stereocenters. The van der Waals surface area contributed by atoms with E-state index >= 15 is 0 Å².